The smallest absolute Gasteiger partial charge is 0.00694 e. The molecular weight excluding hydrogens is 223 g/mol. The first-order valence-electron chi connectivity index (χ1n) is 6.98. The minimum Gasteiger partial charge on any atom is -0.127 e. The quantitative estimate of drug-likeness (QED) is 0.575. The number of aryl methyl sites for hydroxylation is 1. The van der Waals surface area contributed by atoms with Crippen LogP contribution in [0.3, 0.4) is 0 Å². The largest absolute Gasteiger partial charge is 0.127 e. The summed E-state index contributed by atoms with van der Waals surface area (Å²) in [6.45, 7) is 6.84. The third-order valence-corrected chi connectivity index (χ3v) is 4.10. The van der Waals surface area contributed by atoms with Crippen molar-refractivity contribution in [3.05, 3.63) is 35.4 Å². The Labute approximate surface area is 109 Å². The summed E-state index contributed by atoms with van der Waals surface area (Å²) in [6.07, 6.45) is 7.63. The Morgan fingerprint density at radius 3 is 2.12 bits per heavy atom. The van der Waals surface area contributed by atoms with Crippen LogP contribution < -0.4 is 0 Å². The van der Waals surface area contributed by atoms with Crippen LogP contribution in [0.2, 0.25) is 0 Å². The van der Waals surface area contributed by atoms with Gasteiger partial charge in [-0.05, 0) is 30.4 Å². The molecule has 0 aromatic heterocycles. The highest BCUT2D eigenvalue weighted by Crippen LogP contribution is 2.36. The zero-order chi connectivity index (χ0) is 12.7. The van der Waals surface area contributed by atoms with Crippen LogP contribution in [0.1, 0.15) is 64.0 Å². The summed E-state index contributed by atoms with van der Waals surface area (Å²) in [6, 6.07) is 9.24. The summed E-state index contributed by atoms with van der Waals surface area (Å²) in [4.78, 5) is 0. The van der Waals surface area contributed by atoms with Crippen molar-refractivity contribution < 1.29 is 0 Å². The fourth-order valence-corrected chi connectivity index (χ4v) is 2.52. The normalized spacial score (nSPS) is 14.6. The van der Waals surface area contributed by atoms with E-state index < -0.39 is 0 Å². The molecule has 17 heavy (non-hydrogen) atoms. The average molecular weight is 250 g/mol. The van der Waals surface area contributed by atoms with E-state index in [9.17, 15) is 0 Å². The first kappa shape index (κ1) is 14.7. The van der Waals surface area contributed by atoms with Gasteiger partial charge >= 0.3 is 0 Å². The molecule has 0 amide bonds. The standard InChI is InChI=1S/C16H27P/c1-4-6-8-14-9-11-15(12-10-14)16(3,17)13-7-5-2/h9-12H,4-8,13,17H2,1-3H3. The van der Waals surface area contributed by atoms with Gasteiger partial charge in [0.1, 0.15) is 0 Å². The molecule has 96 valence electrons. The molecule has 0 nitrogen and oxygen atoms in total. The Morgan fingerprint density at radius 1 is 1.00 bits per heavy atom. The van der Waals surface area contributed by atoms with E-state index in [0.717, 1.165) is 0 Å². The zero-order valence-corrected chi connectivity index (χ0v) is 12.8. The van der Waals surface area contributed by atoms with E-state index in [1.165, 1.54) is 49.7 Å². The Hall–Kier alpha value is -0.350. The molecule has 1 heteroatoms. The van der Waals surface area contributed by atoms with E-state index in [-0.39, 0.29) is 5.16 Å². The fourth-order valence-electron chi connectivity index (χ4n) is 2.12. The van der Waals surface area contributed by atoms with E-state index >= 15 is 0 Å². The molecule has 1 rings (SSSR count). The minimum atomic E-state index is 0.249. The average Bonchev–Trinajstić information content (AvgIpc) is 2.34. The van der Waals surface area contributed by atoms with E-state index in [1.807, 2.05) is 0 Å². The number of benzene rings is 1. The third kappa shape index (κ3) is 4.80. The van der Waals surface area contributed by atoms with Gasteiger partial charge in [-0.15, -0.1) is 9.24 Å². The molecule has 0 radical (unpaired) electrons. The summed E-state index contributed by atoms with van der Waals surface area (Å²) >= 11 is 0. The topological polar surface area (TPSA) is 0 Å². The lowest BCUT2D eigenvalue weighted by Gasteiger charge is -2.25. The van der Waals surface area contributed by atoms with Crippen molar-refractivity contribution in [2.24, 2.45) is 0 Å². The van der Waals surface area contributed by atoms with Gasteiger partial charge in [-0.25, -0.2) is 0 Å². The van der Waals surface area contributed by atoms with Gasteiger partial charge in [0.25, 0.3) is 0 Å². The molecule has 0 aliphatic carbocycles. The summed E-state index contributed by atoms with van der Waals surface area (Å²) < 4.78 is 0. The van der Waals surface area contributed by atoms with Gasteiger partial charge < -0.3 is 0 Å². The first-order valence-corrected chi connectivity index (χ1v) is 7.56. The number of rotatable bonds is 7. The molecule has 0 saturated carbocycles. The molecule has 1 aromatic carbocycles. The summed E-state index contributed by atoms with van der Waals surface area (Å²) in [5, 5.41) is 0.249. The number of unbranched alkanes of at least 4 members (excludes halogenated alkanes) is 2. The van der Waals surface area contributed by atoms with Gasteiger partial charge in [-0.1, -0.05) is 64.3 Å². The minimum absolute atomic E-state index is 0.249. The summed E-state index contributed by atoms with van der Waals surface area (Å²) in [5.41, 5.74) is 2.93. The lowest BCUT2D eigenvalue weighted by molar-refractivity contribution is 0.577. The highest BCUT2D eigenvalue weighted by Gasteiger charge is 2.19. The van der Waals surface area contributed by atoms with Crippen LogP contribution >= 0.6 is 9.24 Å². The van der Waals surface area contributed by atoms with Gasteiger partial charge in [0, 0.05) is 5.16 Å². The SMILES string of the molecule is CCCCc1ccc(C(C)(P)CCCC)cc1. The summed E-state index contributed by atoms with van der Waals surface area (Å²) in [7, 11) is 3.03. The second kappa shape index (κ2) is 7.17. The van der Waals surface area contributed by atoms with Crippen molar-refractivity contribution in [3.8, 4) is 0 Å². The molecule has 2 atom stereocenters. The van der Waals surface area contributed by atoms with Crippen LogP contribution in [0.4, 0.5) is 0 Å². The molecule has 0 N–H and O–H groups in total. The monoisotopic (exact) mass is 250 g/mol. The van der Waals surface area contributed by atoms with Crippen molar-refractivity contribution in [2.75, 3.05) is 0 Å². The maximum atomic E-state index is 3.03. The van der Waals surface area contributed by atoms with Crippen molar-refractivity contribution in [1.29, 1.82) is 0 Å². The predicted octanol–water partition coefficient (Wildman–Crippen LogP) is 5.31. The molecule has 0 saturated heterocycles. The Bertz CT molecular complexity index is 311. The highest BCUT2D eigenvalue weighted by molar-refractivity contribution is 7.18. The van der Waals surface area contributed by atoms with Crippen molar-refractivity contribution >= 4 is 9.24 Å². The zero-order valence-electron chi connectivity index (χ0n) is 11.6. The maximum Gasteiger partial charge on any atom is 0.00694 e. The van der Waals surface area contributed by atoms with Gasteiger partial charge in [0.2, 0.25) is 0 Å². The number of hydrogen-bond donors (Lipinski definition) is 0. The molecule has 0 heterocycles. The maximum absolute atomic E-state index is 3.03. The highest BCUT2D eigenvalue weighted by atomic mass is 31.0. The molecule has 0 spiro atoms. The lowest BCUT2D eigenvalue weighted by atomic mass is 9.93. The van der Waals surface area contributed by atoms with Gasteiger partial charge in [-0.2, -0.15) is 0 Å². The third-order valence-electron chi connectivity index (χ3n) is 3.48. The van der Waals surface area contributed by atoms with E-state index in [0.29, 0.717) is 0 Å². The van der Waals surface area contributed by atoms with Crippen LogP contribution in [-0.4, -0.2) is 0 Å². The Kier molecular flexibility index (Phi) is 6.20. The van der Waals surface area contributed by atoms with Crippen molar-refractivity contribution in [3.63, 3.8) is 0 Å². The van der Waals surface area contributed by atoms with Crippen LogP contribution in [-0.2, 0) is 11.6 Å². The lowest BCUT2D eigenvalue weighted by Crippen LogP contribution is -2.12. The van der Waals surface area contributed by atoms with Crippen molar-refractivity contribution in [2.45, 2.75) is 64.5 Å². The van der Waals surface area contributed by atoms with Crippen LogP contribution in [0.25, 0.3) is 0 Å². The van der Waals surface area contributed by atoms with Crippen LogP contribution in [0.5, 0.6) is 0 Å². The van der Waals surface area contributed by atoms with Crippen molar-refractivity contribution in [1.82, 2.24) is 0 Å². The Balaban J connectivity index is 2.65. The number of hydrogen-bond acceptors (Lipinski definition) is 0. The predicted molar refractivity (Wildman–Crippen MR) is 81.6 cm³/mol. The van der Waals surface area contributed by atoms with Gasteiger partial charge in [0.05, 0.1) is 0 Å². The molecule has 1 aromatic rings. The molecule has 0 aliphatic rings. The van der Waals surface area contributed by atoms with Gasteiger partial charge in [0.15, 0.2) is 0 Å². The molecule has 0 aliphatic heterocycles. The van der Waals surface area contributed by atoms with Crippen LogP contribution in [0.15, 0.2) is 24.3 Å². The van der Waals surface area contributed by atoms with E-state index in [1.54, 1.807) is 0 Å². The molecule has 0 fully saturated rings. The molecule has 0 bridgehead atoms. The first-order chi connectivity index (χ1) is 8.10. The van der Waals surface area contributed by atoms with Gasteiger partial charge in [-0.3, -0.25) is 0 Å². The molecule has 2 unspecified atom stereocenters. The second-order valence-electron chi connectivity index (χ2n) is 5.32. The fraction of sp³-hybridized carbons (Fsp3) is 0.625. The second-order valence-corrected chi connectivity index (χ2v) is 6.60. The Morgan fingerprint density at radius 2 is 1.59 bits per heavy atom. The van der Waals surface area contributed by atoms with E-state index in [4.69, 9.17) is 0 Å². The van der Waals surface area contributed by atoms with Crippen LogP contribution in [0, 0.1) is 0 Å². The summed E-state index contributed by atoms with van der Waals surface area (Å²) in [5.74, 6) is 0. The van der Waals surface area contributed by atoms with E-state index in [2.05, 4.69) is 54.3 Å². The molecular formula is C16H27P.